The number of nitrogens with one attached hydrogen (secondary N) is 3. The molecule has 4 rings (SSSR count). The van der Waals surface area contributed by atoms with Crippen LogP contribution in [-0.4, -0.2) is 16.7 Å². The molecule has 114 valence electrons. The molecule has 3 N–H and O–H groups in total. The molecule has 0 bridgehead atoms. The molecule has 0 saturated carbocycles. The molecular weight excluding hydrogens is 300 g/mol. The van der Waals surface area contributed by atoms with Crippen molar-refractivity contribution in [3.05, 3.63) is 63.7 Å². The Hall–Kier alpha value is -3.42. The highest BCUT2D eigenvalue weighted by molar-refractivity contribution is 6.14. The Morgan fingerprint density at radius 2 is 1.78 bits per heavy atom. The first kappa shape index (κ1) is 13.3. The second-order valence-electron chi connectivity index (χ2n) is 5.32. The normalized spacial score (nSPS) is 21.0. The molecule has 2 heterocycles. The van der Waals surface area contributed by atoms with Crippen molar-refractivity contribution in [1.29, 1.82) is 0 Å². The zero-order valence-electron chi connectivity index (χ0n) is 11.6. The van der Waals surface area contributed by atoms with Crippen molar-refractivity contribution in [1.82, 2.24) is 5.32 Å². The molecule has 8 nitrogen and oxygen atoms in total. The number of hydrogen-bond acceptors (Lipinski definition) is 5. The fourth-order valence-corrected chi connectivity index (χ4v) is 2.91. The quantitative estimate of drug-likeness (QED) is 0.546. The summed E-state index contributed by atoms with van der Waals surface area (Å²) < 4.78 is 0. The van der Waals surface area contributed by atoms with Crippen LogP contribution in [0.5, 0.6) is 0 Å². The lowest BCUT2D eigenvalue weighted by Gasteiger charge is -2.35. The molecule has 2 aromatic carbocycles. The smallest absolute Gasteiger partial charge is 0.275 e. The number of anilines is 2. The molecule has 0 aromatic heterocycles. The van der Waals surface area contributed by atoms with Gasteiger partial charge < -0.3 is 16.0 Å². The number of para-hydroxylation sites is 1. The van der Waals surface area contributed by atoms with Gasteiger partial charge >= 0.3 is 0 Å². The molecule has 2 aliphatic rings. The van der Waals surface area contributed by atoms with Crippen molar-refractivity contribution in [3.63, 3.8) is 0 Å². The van der Waals surface area contributed by atoms with Crippen molar-refractivity contribution in [3.8, 4) is 0 Å². The minimum atomic E-state index is -1.55. The van der Waals surface area contributed by atoms with Gasteiger partial charge in [-0.2, -0.15) is 0 Å². The Labute approximate surface area is 129 Å². The van der Waals surface area contributed by atoms with E-state index in [-0.39, 0.29) is 5.69 Å². The van der Waals surface area contributed by atoms with Crippen LogP contribution >= 0.6 is 0 Å². The Balaban J connectivity index is 1.91. The van der Waals surface area contributed by atoms with Gasteiger partial charge in [-0.1, -0.05) is 12.1 Å². The molecule has 0 saturated heterocycles. The lowest BCUT2D eigenvalue weighted by Crippen LogP contribution is -2.59. The van der Waals surface area contributed by atoms with Crippen LogP contribution in [0.25, 0.3) is 0 Å². The predicted molar refractivity (Wildman–Crippen MR) is 80.9 cm³/mol. The first-order chi connectivity index (χ1) is 11.0. The third-order valence-corrected chi connectivity index (χ3v) is 4.00. The lowest BCUT2D eigenvalue weighted by atomic mass is 9.95. The van der Waals surface area contributed by atoms with Crippen LogP contribution in [0, 0.1) is 10.1 Å². The average molecular weight is 310 g/mol. The fraction of sp³-hybridized carbons (Fsp3) is 0.0667. The number of nitro benzene ring substituents is 1. The summed E-state index contributed by atoms with van der Waals surface area (Å²) in [5.74, 6) is -0.912. The van der Waals surface area contributed by atoms with Gasteiger partial charge in [0.05, 0.1) is 10.5 Å². The van der Waals surface area contributed by atoms with Gasteiger partial charge in [-0.05, 0) is 18.2 Å². The number of rotatable bonds is 1. The van der Waals surface area contributed by atoms with E-state index in [9.17, 15) is 19.7 Å². The maximum absolute atomic E-state index is 12.5. The van der Waals surface area contributed by atoms with Crippen LogP contribution < -0.4 is 16.0 Å². The van der Waals surface area contributed by atoms with E-state index in [1.54, 1.807) is 24.3 Å². The van der Waals surface area contributed by atoms with E-state index in [0.29, 0.717) is 22.5 Å². The second-order valence-corrected chi connectivity index (χ2v) is 5.32. The van der Waals surface area contributed by atoms with Gasteiger partial charge in [-0.15, -0.1) is 0 Å². The molecular formula is C15H10N4O4. The van der Waals surface area contributed by atoms with Crippen LogP contribution in [0.15, 0.2) is 42.5 Å². The predicted octanol–water partition coefficient (Wildman–Crippen LogP) is 1.56. The SMILES string of the molecule is O=C1NC2(Nc3ccccc31)C(=O)Nc1ccc([N+](=O)[O-])cc12. The monoisotopic (exact) mass is 310 g/mol. The number of carbonyl (C=O) groups excluding carboxylic acids is 2. The minimum absolute atomic E-state index is 0.158. The average Bonchev–Trinajstić information content (AvgIpc) is 2.79. The standard InChI is InChI=1S/C15H10N4O4/c20-13-9-3-1-2-4-11(9)17-15(18-13)10-7-8(19(22)23)5-6-12(10)16-14(15)21/h1-7,17H,(H,16,21)(H,18,20). The Bertz CT molecular complexity index is 895. The molecule has 1 spiro atoms. The second kappa shape index (κ2) is 4.29. The maximum atomic E-state index is 12.5. The first-order valence-corrected chi connectivity index (χ1v) is 6.81. The zero-order chi connectivity index (χ0) is 16.2. The third-order valence-electron chi connectivity index (χ3n) is 4.00. The Kier molecular flexibility index (Phi) is 2.47. The van der Waals surface area contributed by atoms with Crippen LogP contribution in [0.4, 0.5) is 17.1 Å². The summed E-state index contributed by atoms with van der Waals surface area (Å²) in [7, 11) is 0. The Morgan fingerprint density at radius 3 is 2.57 bits per heavy atom. The van der Waals surface area contributed by atoms with Gasteiger partial charge in [0.1, 0.15) is 0 Å². The molecule has 0 fully saturated rings. The van der Waals surface area contributed by atoms with Crippen LogP contribution in [-0.2, 0) is 10.5 Å². The van der Waals surface area contributed by atoms with E-state index >= 15 is 0 Å². The lowest BCUT2D eigenvalue weighted by molar-refractivity contribution is -0.384. The van der Waals surface area contributed by atoms with Crippen molar-refractivity contribution in [2.24, 2.45) is 0 Å². The van der Waals surface area contributed by atoms with Crippen molar-refractivity contribution >= 4 is 28.9 Å². The molecule has 2 amide bonds. The summed E-state index contributed by atoms with van der Waals surface area (Å²) in [5.41, 5.74) is -0.0651. The zero-order valence-corrected chi connectivity index (χ0v) is 11.6. The summed E-state index contributed by atoms with van der Waals surface area (Å²) in [4.78, 5) is 35.3. The number of amides is 2. The Morgan fingerprint density at radius 1 is 1.00 bits per heavy atom. The van der Waals surface area contributed by atoms with Crippen LogP contribution in [0.1, 0.15) is 15.9 Å². The number of carbonyl (C=O) groups is 2. The van der Waals surface area contributed by atoms with E-state index in [4.69, 9.17) is 0 Å². The number of non-ortho nitro benzene ring substituents is 1. The molecule has 1 atom stereocenters. The van der Waals surface area contributed by atoms with Crippen molar-refractivity contribution in [2.75, 3.05) is 10.6 Å². The molecule has 1 unspecified atom stereocenters. The fourth-order valence-electron chi connectivity index (χ4n) is 2.91. The summed E-state index contributed by atoms with van der Waals surface area (Å²) >= 11 is 0. The number of nitro groups is 1. The molecule has 2 aliphatic heterocycles. The van der Waals surface area contributed by atoms with E-state index in [0.717, 1.165) is 0 Å². The summed E-state index contributed by atoms with van der Waals surface area (Å²) in [6.07, 6.45) is 0. The number of fused-ring (bicyclic) bond motifs is 3. The molecule has 0 radical (unpaired) electrons. The summed E-state index contributed by atoms with van der Waals surface area (Å²) in [5, 5.41) is 19.3. The van der Waals surface area contributed by atoms with E-state index in [1.807, 2.05) is 0 Å². The van der Waals surface area contributed by atoms with E-state index < -0.39 is 22.4 Å². The minimum Gasteiger partial charge on any atom is -0.350 e. The van der Waals surface area contributed by atoms with Gasteiger partial charge in [0.15, 0.2) is 0 Å². The molecule has 0 aliphatic carbocycles. The highest BCUT2D eigenvalue weighted by Gasteiger charge is 2.51. The highest BCUT2D eigenvalue weighted by atomic mass is 16.6. The summed E-state index contributed by atoms with van der Waals surface area (Å²) in [6.45, 7) is 0. The van der Waals surface area contributed by atoms with E-state index in [2.05, 4.69) is 16.0 Å². The molecule has 23 heavy (non-hydrogen) atoms. The highest BCUT2D eigenvalue weighted by Crippen LogP contribution is 2.41. The van der Waals surface area contributed by atoms with Crippen LogP contribution in [0.2, 0.25) is 0 Å². The number of hydrogen-bond donors (Lipinski definition) is 3. The van der Waals surface area contributed by atoms with Crippen molar-refractivity contribution < 1.29 is 14.5 Å². The molecule has 8 heteroatoms. The van der Waals surface area contributed by atoms with Gasteiger partial charge in [0.2, 0.25) is 5.66 Å². The maximum Gasteiger partial charge on any atom is 0.275 e. The van der Waals surface area contributed by atoms with Crippen molar-refractivity contribution in [2.45, 2.75) is 5.66 Å². The van der Waals surface area contributed by atoms with Gasteiger partial charge in [-0.3, -0.25) is 19.7 Å². The third kappa shape index (κ3) is 1.71. The first-order valence-electron chi connectivity index (χ1n) is 6.81. The number of nitrogens with zero attached hydrogens (tertiary/aromatic N) is 1. The van der Waals surface area contributed by atoms with E-state index in [1.165, 1.54) is 18.2 Å². The molecule has 2 aromatic rings. The van der Waals surface area contributed by atoms with Gasteiger partial charge in [-0.25, -0.2) is 0 Å². The topological polar surface area (TPSA) is 113 Å². The van der Waals surface area contributed by atoms with Crippen LogP contribution in [0.3, 0.4) is 0 Å². The summed E-state index contributed by atoms with van der Waals surface area (Å²) in [6, 6.07) is 10.8. The van der Waals surface area contributed by atoms with Gasteiger partial charge in [0.25, 0.3) is 17.5 Å². The largest absolute Gasteiger partial charge is 0.350 e. The number of benzene rings is 2. The van der Waals surface area contributed by atoms with Gasteiger partial charge in [0, 0.05) is 29.1 Å².